The van der Waals surface area contributed by atoms with Gasteiger partial charge >= 0.3 is 0 Å². The zero-order valence-electron chi connectivity index (χ0n) is 15.4. The summed E-state index contributed by atoms with van der Waals surface area (Å²) in [6.07, 6.45) is 0.159. The fraction of sp³-hybridized carbons (Fsp3) is 0.333. The Hall–Kier alpha value is -2.93. The van der Waals surface area contributed by atoms with Crippen molar-refractivity contribution in [3.8, 4) is 0 Å². The molecular weight excluding hydrogens is 361 g/mol. The molecule has 28 heavy (non-hydrogen) atoms. The molecule has 0 radical (unpaired) electrons. The van der Waals surface area contributed by atoms with Gasteiger partial charge in [-0.1, -0.05) is 12.1 Å². The van der Waals surface area contributed by atoms with Crippen molar-refractivity contribution in [3.05, 3.63) is 59.9 Å². The highest BCUT2D eigenvalue weighted by molar-refractivity contribution is 5.99. The maximum Gasteiger partial charge on any atom is 0.251 e. The lowest BCUT2D eigenvalue weighted by Crippen LogP contribution is -2.37. The molecule has 2 heterocycles. The van der Waals surface area contributed by atoms with Gasteiger partial charge < -0.3 is 19.9 Å². The van der Waals surface area contributed by atoms with Crippen LogP contribution in [-0.4, -0.2) is 50.7 Å². The smallest absolute Gasteiger partial charge is 0.251 e. The predicted octanol–water partition coefficient (Wildman–Crippen LogP) is 2.20. The Balaban J connectivity index is 1.38. The summed E-state index contributed by atoms with van der Waals surface area (Å²) in [6.45, 7) is 3.34. The Labute approximate surface area is 162 Å². The van der Waals surface area contributed by atoms with Gasteiger partial charge in [0.15, 0.2) is 0 Å². The van der Waals surface area contributed by atoms with E-state index in [0.29, 0.717) is 18.8 Å². The lowest BCUT2D eigenvalue weighted by atomic mass is 10.1. The molecule has 0 aliphatic carbocycles. The molecule has 2 amide bonds. The Morgan fingerprint density at radius 3 is 2.50 bits per heavy atom. The normalized spacial score (nSPS) is 19.8. The third-order valence-electron chi connectivity index (χ3n) is 5.11. The van der Waals surface area contributed by atoms with Gasteiger partial charge in [0.25, 0.3) is 5.91 Å². The summed E-state index contributed by atoms with van der Waals surface area (Å²) in [7, 11) is 0. The maximum atomic E-state index is 14.0. The molecule has 0 bridgehead atoms. The highest BCUT2D eigenvalue weighted by Gasteiger charge is 2.33. The number of nitrogens with zero attached hydrogens (tertiary/aromatic N) is 2. The fourth-order valence-corrected chi connectivity index (χ4v) is 3.62. The molecule has 2 aromatic rings. The van der Waals surface area contributed by atoms with E-state index in [1.165, 1.54) is 11.0 Å². The Kier molecular flexibility index (Phi) is 5.25. The van der Waals surface area contributed by atoms with Crippen LogP contribution in [0.25, 0.3) is 0 Å². The minimum atomic E-state index is -0.443. The average Bonchev–Trinajstić information content (AvgIpc) is 3.09. The van der Waals surface area contributed by atoms with E-state index in [1.54, 1.807) is 30.3 Å². The number of rotatable bonds is 4. The van der Waals surface area contributed by atoms with Crippen LogP contribution in [0, 0.1) is 5.82 Å². The molecule has 2 saturated heterocycles. The van der Waals surface area contributed by atoms with E-state index in [1.807, 2.05) is 12.1 Å². The number of hydrogen-bond donors (Lipinski definition) is 1. The summed E-state index contributed by atoms with van der Waals surface area (Å²) in [5.41, 5.74) is 1.84. The molecule has 2 aromatic carbocycles. The number of carbonyl (C=O) groups excluding carboxylic acids is 2. The van der Waals surface area contributed by atoms with Crippen LogP contribution in [0.4, 0.5) is 15.8 Å². The standard InChI is InChI=1S/C21H22FN3O3/c22-18-3-1-2-4-19(18)25-14-16(13-20(25)26)23-21(27)15-5-7-17(8-6-15)24-9-11-28-12-10-24/h1-8,16H,9-14H2,(H,23,27). The van der Waals surface area contributed by atoms with E-state index < -0.39 is 5.82 Å². The molecule has 2 aliphatic rings. The molecule has 146 valence electrons. The summed E-state index contributed by atoms with van der Waals surface area (Å²) >= 11 is 0. The van der Waals surface area contributed by atoms with E-state index in [0.717, 1.165) is 18.8 Å². The molecular formula is C21H22FN3O3. The first kappa shape index (κ1) is 18.4. The first-order valence-corrected chi connectivity index (χ1v) is 9.40. The van der Waals surface area contributed by atoms with E-state index >= 15 is 0 Å². The first-order valence-electron chi connectivity index (χ1n) is 9.40. The number of benzene rings is 2. The van der Waals surface area contributed by atoms with E-state index in [2.05, 4.69) is 10.2 Å². The second-order valence-corrected chi connectivity index (χ2v) is 6.98. The highest BCUT2D eigenvalue weighted by atomic mass is 19.1. The minimum absolute atomic E-state index is 0.159. The number of morpholine rings is 1. The largest absolute Gasteiger partial charge is 0.378 e. The summed E-state index contributed by atoms with van der Waals surface area (Å²) in [5, 5.41) is 2.89. The second-order valence-electron chi connectivity index (χ2n) is 6.98. The van der Waals surface area contributed by atoms with E-state index in [9.17, 15) is 14.0 Å². The van der Waals surface area contributed by atoms with Crippen molar-refractivity contribution < 1.29 is 18.7 Å². The predicted molar refractivity (Wildman–Crippen MR) is 104 cm³/mol. The molecule has 4 rings (SSSR count). The van der Waals surface area contributed by atoms with Crippen molar-refractivity contribution in [2.45, 2.75) is 12.5 Å². The molecule has 6 nitrogen and oxygen atoms in total. The fourth-order valence-electron chi connectivity index (χ4n) is 3.62. The van der Waals surface area contributed by atoms with Crippen LogP contribution >= 0.6 is 0 Å². The molecule has 0 aromatic heterocycles. The number of anilines is 2. The zero-order chi connectivity index (χ0) is 19.5. The van der Waals surface area contributed by atoms with Crippen molar-refractivity contribution in [2.75, 3.05) is 42.6 Å². The third-order valence-corrected chi connectivity index (χ3v) is 5.11. The van der Waals surface area contributed by atoms with Gasteiger partial charge in [-0.3, -0.25) is 9.59 Å². The van der Waals surface area contributed by atoms with Crippen LogP contribution in [-0.2, 0) is 9.53 Å². The number of hydrogen-bond acceptors (Lipinski definition) is 4. The van der Waals surface area contributed by atoms with Gasteiger partial charge in [0, 0.05) is 37.3 Å². The summed E-state index contributed by atoms with van der Waals surface area (Å²) in [4.78, 5) is 28.4. The van der Waals surface area contributed by atoms with Gasteiger partial charge in [-0.25, -0.2) is 4.39 Å². The molecule has 2 aliphatic heterocycles. The SMILES string of the molecule is O=C(NC1CC(=O)N(c2ccccc2F)C1)c1ccc(N2CCOCC2)cc1. The number of para-hydroxylation sites is 1. The van der Waals surface area contributed by atoms with Crippen molar-refractivity contribution in [2.24, 2.45) is 0 Å². The van der Waals surface area contributed by atoms with Gasteiger partial charge in [-0.05, 0) is 36.4 Å². The lowest BCUT2D eigenvalue weighted by molar-refractivity contribution is -0.117. The van der Waals surface area contributed by atoms with Crippen LogP contribution < -0.4 is 15.1 Å². The van der Waals surface area contributed by atoms with Crippen LogP contribution in [0.1, 0.15) is 16.8 Å². The Bertz CT molecular complexity index is 865. The Morgan fingerprint density at radius 2 is 1.79 bits per heavy atom. The van der Waals surface area contributed by atoms with Crippen LogP contribution in [0.3, 0.4) is 0 Å². The molecule has 1 atom stereocenters. The summed E-state index contributed by atoms with van der Waals surface area (Å²) < 4.78 is 19.3. The van der Waals surface area contributed by atoms with Crippen LogP contribution in [0.15, 0.2) is 48.5 Å². The number of carbonyl (C=O) groups is 2. The van der Waals surface area contributed by atoms with Gasteiger partial charge in [0.05, 0.1) is 24.9 Å². The average molecular weight is 383 g/mol. The second kappa shape index (κ2) is 7.98. The molecule has 0 saturated carbocycles. The molecule has 0 spiro atoms. The van der Waals surface area contributed by atoms with Crippen molar-refractivity contribution >= 4 is 23.2 Å². The first-order chi connectivity index (χ1) is 13.6. The van der Waals surface area contributed by atoms with Crippen molar-refractivity contribution in [1.29, 1.82) is 0 Å². The summed E-state index contributed by atoms with van der Waals surface area (Å²) in [5.74, 6) is -0.874. The third kappa shape index (κ3) is 3.84. The number of ether oxygens (including phenoxy) is 1. The molecule has 2 fully saturated rings. The van der Waals surface area contributed by atoms with Crippen molar-refractivity contribution in [3.63, 3.8) is 0 Å². The summed E-state index contributed by atoms with van der Waals surface area (Å²) in [6, 6.07) is 13.2. The minimum Gasteiger partial charge on any atom is -0.378 e. The van der Waals surface area contributed by atoms with Crippen molar-refractivity contribution in [1.82, 2.24) is 5.32 Å². The highest BCUT2D eigenvalue weighted by Crippen LogP contribution is 2.24. The molecule has 1 unspecified atom stereocenters. The van der Waals surface area contributed by atoms with Gasteiger partial charge in [-0.2, -0.15) is 0 Å². The quantitative estimate of drug-likeness (QED) is 0.879. The lowest BCUT2D eigenvalue weighted by Gasteiger charge is -2.28. The van der Waals surface area contributed by atoms with E-state index in [-0.39, 0.29) is 36.5 Å². The van der Waals surface area contributed by atoms with Gasteiger partial charge in [-0.15, -0.1) is 0 Å². The Morgan fingerprint density at radius 1 is 1.07 bits per heavy atom. The maximum absolute atomic E-state index is 14.0. The van der Waals surface area contributed by atoms with Gasteiger partial charge in [0.2, 0.25) is 5.91 Å². The topological polar surface area (TPSA) is 61.9 Å². The van der Waals surface area contributed by atoms with Crippen LogP contribution in [0.5, 0.6) is 0 Å². The molecule has 1 N–H and O–H groups in total. The zero-order valence-corrected chi connectivity index (χ0v) is 15.4. The number of halogens is 1. The van der Waals surface area contributed by atoms with Gasteiger partial charge in [0.1, 0.15) is 5.82 Å². The number of amides is 2. The van der Waals surface area contributed by atoms with Crippen LogP contribution in [0.2, 0.25) is 0 Å². The monoisotopic (exact) mass is 383 g/mol. The molecule has 7 heteroatoms. The number of nitrogens with one attached hydrogen (secondary N) is 1. The van der Waals surface area contributed by atoms with E-state index in [4.69, 9.17) is 4.74 Å².